The van der Waals surface area contributed by atoms with Crippen molar-refractivity contribution in [2.75, 3.05) is 0 Å². The van der Waals surface area contributed by atoms with Gasteiger partial charge in [-0.05, 0) is 33.0 Å². The first kappa shape index (κ1) is 15.2. The van der Waals surface area contributed by atoms with Crippen molar-refractivity contribution in [1.29, 1.82) is 0 Å². The van der Waals surface area contributed by atoms with Crippen LogP contribution >= 0.6 is 27.3 Å². The number of hydrogen-bond acceptors (Lipinski definition) is 3. The zero-order chi connectivity index (χ0) is 15.7. The molecule has 0 spiro atoms. The van der Waals surface area contributed by atoms with Gasteiger partial charge in [0, 0.05) is 18.9 Å². The predicted octanol–water partition coefficient (Wildman–Crippen LogP) is 4.21. The zero-order valence-electron chi connectivity index (χ0n) is 12.3. The van der Waals surface area contributed by atoms with E-state index < -0.39 is 0 Å². The molecule has 0 radical (unpaired) electrons. The molecule has 22 heavy (non-hydrogen) atoms. The lowest BCUT2D eigenvalue weighted by molar-refractivity contribution is 0.0946. The average Bonchev–Trinajstić information content (AvgIpc) is 3.02. The second kappa shape index (κ2) is 6.22. The smallest absolute Gasteiger partial charge is 0.271 e. The van der Waals surface area contributed by atoms with Crippen LogP contribution in [0.1, 0.15) is 41.4 Å². The van der Waals surface area contributed by atoms with Gasteiger partial charge in [0.2, 0.25) is 0 Å². The summed E-state index contributed by atoms with van der Waals surface area (Å²) in [6.45, 7) is 4.84. The third kappa shape index (κ3) is 3.23. The number of nitrogens with zero attached hydrogens (tertiary/aromatic N) is 2. The fraction of sp³-hybridized carbons (Fsp3) is 0.250. The number of aromatic nitrogens is 2. The number of carbonyl (C=O) groups excluding carboxylic acids is 1. The van der Waals surface area contributed by atoms with Gasteiger partial charge in [-0.3, -0.25) is 9.20 Å². The van der Waals surface area contributed by atoms with Crippen molar-refractivity contribution in [2.24, 2.45) is 0 Å². The Labute approximate surface area is 141 Å². The molecule has 6 heteroatoms. The number of carbonyl (C=O) groups is 1. The molecule has 0 atom stereocenters. The second-order valence-electron chi connectivity index (χ2n) is 5.43. The summed E-state index contributed by atoms with van der Waals surface area (Å²) < 4.78 is 2.84. The first-order valence-corrected chi connectivity index (χ1v) is 8.65. The molecular formula is C16H16BrN3OS. The highest BCUT2D eigenvalue weighted by molar-refractivity contribution is 9.11. The molecule has 0 unspecified atom stereocenters. The summed E-state index contributed by atoms with van der Waals surface area (Å²) in [6, 6.07) is 8.32. The molecule has 1 N–H and O–H groups in total. The number of benzene rings is 1. The van der Waals surface area contributed by atoms with Gasteiger partial charge < -0.3 is 5.32 Å². The Morgan fingerprint density at radius 3 is 2.68 bits per heavy atom. The van der Waals surface area contributed by atoms with E-state index in [1.807, 2.05) is 10.6 Å². The van der Waals surface area contributed by atoms with Gasteiger partial charge in [-0.25, -0.2) is 4.98 Å². The molecule has 1 aromatic carbocycles. The fourth-order valence-electron chi connectivity index (χ4n) is 2.17. The normalized spacial score (nSPS) is 11.3. The molecule has 2 heterocycles. The minimum Gasteiger partial charge on any atom is -0.347 e. The van der Waals surface area contributed by atoms with Gasteiger partial charge in [-0.15, -0.1) is 0 Å². The Balaban J connectivity index is 1.65. The van der Waals surface area contributed by atoms with E-state index in [0.29, 0.717) is 18.2 Å². The molecule has 0 bridgehead atoms. The van der Waals surface area contributed by atoms with E-state index in [9.17, 15) is 4.79 Å². The Morgan fingerprint density at radius 2 is 2.05 bits per heavy atom. The van der Waals surface area contributed by atoms with E-state index in [0.717, 1.165) is 14.3 Å². The van der Waals surface area contributed by atoms with E-state index in [1.54, 1.807) is 6.20 Å². The molecule has 0 aliphatic heterocycles. The standard InChI is InChI=1S/C16H16BrN3OS/c1-10(2)12-5-3-11(4-6-12)7-18-15(21)13-8-20-9-14(17)22-16(20)19-13/h3-6,8-10H,7H2,1-2H3,(H,18,21). The Hall–Kier alpha value is -1.66. The van der Waals surface area contributed by atoms with Crippen molar-refractivity contribution >= 4 is 38.1 Å². The summed E-state index contributed by atoms with van der Waals surface area (Å²) in [5.41, 5.74) is 2.83. The molecule has 3 rings (SSSR count). The maximum absolute atomic E-state index is 12.2. The lowest BCUT2D eigenvalue weighted by Crippen LogP contribution is -2.23. The molecule has 1 amide bonds. The Bertz CT molecular complexity index is 773. The fourth-order valence-corrected chi connectivity index (χ4v) is 3.52. The number of halogens is 1. The highest BCUT2D eigenvalue weighted by Crippen LogP contribution is 2.22. The number of hydrogen-bond donors (Lipinski definition) is 1. The SMILES string of the molecule is CC(C)c1ccc(CNC(=O)c2cn3cc(Br)sc3n2)cc1. The van der Waals surface area contributed by atoms with Crippen LogP contribution in [-0.2, 0) is 6.54 Å². The maximum atomic E-state index is 12.2. The van der Waals surface area contributed by atoms with E-state index in [1.165, 1.54) is 16.9 Å². The van der Waals surface area contributed by atoms with E-state index in [2.05, 4.69) is 64.3 Å². The minimum absolute atomic E-state index is 0.153. The number of nitrogens with one attached hydrogen (secondary N) is 1. The van der Waals surface area contributed by atoms with Gasteiger partial charge in [-0.2, -0.15) is 0 Å². The van der Waals surface area contributed by atoms with Crippen molar-refractivity contribution in [2.45, 2.75) is 26.3 Å². The van der Waals surface area contributed by atoms with Crippen LogP contribution in [-0.4, -0.2) is 15.3 Å². The molecular weight excluding hydrogens is 362 g/mol. The van der Waals surface area contributed by atoms with Crippen molar-refractivity contribution in [3.63, 3.8) is 0 Å². The van der Waals surface area contributed by atoms with Crippen LogP contribution in [0.3, 0.4) is 0 Å². The quantitative estimate of drug-likeness (QED) is 0.739. The summed E-state index contributed by atoms with van der Waals surface area (Å²) in [4.78, 5) is 17.3. The number of amides is 1. The summed E-state index contributed by atoms with van der Waals surface area (Å²) in [7, 11) is 0. The van der Waals surface area contributed by atoms with Crippen molar-refractivity contribution in [1.82, 2.24) is 14.7 Å². The van der Waals surface area contributed by atoms with Gasteiger partial charge in [0.05, 0.1) is 3.79 Å². The topological polar surface area (TPSA) is 46.4 Å². The lowest BCUT2D eigenvalue weighted by atomic mass is 10.0. The number of fused-ring (bicyclic) bond motifs is 1. The summed E-state index contributed by atoms with van der Waals surface area (Å²) in [6.07, 6.45) is 3.64. The lowest BCUT2D eigenvalue weighted by Gasteiger charge is -2.07. The van der Waals surface area contributed by atoms with Crippen LogP contribution in [0.15, 0.2) is 40.4 Å². The number of thiazole rings is 1. The van der Waals surface area contributed by atoms with Crippen LogP contribution in [0.25, 0.3) is 4.96 Å². The molecule has 0 fully saturated rings. The Kier molecular flexibility index (Phi) is 4.31. The van der Waals surface area contributed by atoms with Crippen molar-refractivity contribution in [3.8, 4) is 0 Å². The third-order valence-electron chi connectivity index (χ3n) is 3.46. The monoisotopic (exact) mass is 377 g/mol. The summed E-state index contributed by atoms with van der Waals surface area (Å²) >= 11 is 4.90. The molecule has 3 aromatic rings. The van der Waals surface area contributed by atoms with Gasteiger partial charge >= 0.3 is 0 Å². The van der Waals surface area contributed by atoms with Crippen LogP contribution < -0.4 is 5.32 Å². The van der Waals surface area contributed by atoms with Gasteiger partial charge in [0.25, 0.3) is 5.91 Å². The first-order chi connectivity index (χ1) is 10.5. The molecule has 2 aromatic heterocycles. The maximum Gasteiger partial charge on any atom is 0.271 e. The largest absolute Gasteiger partial charge is 0.347 e. The number of rotatable bonds is 4. The van der Waals surface area contributed by atoms with E-state index in [4.69, 9.17) is 0 Å². The Morgan fingerprint density at radius 1 is 1.32 bits per heavy atom. The minimum atomic E-state index is -0.153. The molecule has 4 nitrogen and oxygen atoms in total. The molecule has 0 saturated heterocycles. The summed E-state index contributed by atoms with van der Waals surface area (Å²) in [5.74, 6) is 0.362. The highest BCUT2D eigenvalue weighted by atomic mass is 79.9. The predicted molar refractivity (Wildman–Crippen MR) is 92.5 cm³/mol. The molecule has 0 aliphatic rings. The number of imidazole rings is 1. The average molecular weight is 378 g/mol. The van der Waals surface area contributed by atoms with E-state index >= 15 is 0 Å². The first-order valence-electron chi connectivity index (χ1n) is 7.04. The van der Waals surface area contributed by atoms with Gasteiger partial charge in [-0.1, -0.05) is 49.4 Å². The van der Waals surface area contributed by atoms with Gasteiger partial charge in [0.15, 0.2) is 4.96 Å². The molecule has 114 valence electrons. The van der Waals surface area contributed by atoms with Crippen LogP contribution in [0.2, 0.25) is 0 Å². The molecule has 0 aliphatic carbocycles. The molecule has 0 saturated carbocycles. The highest BCUT2D eigenvalue weighted by Gasteiger charge is 2.12. The summed E-state index contributed by atoms with van der Waals surface area (Å²) in [5, 5.41) is 2.91. The zero-order valence-corrected chi connectivity index (χ0v) is 14.7. The van der Waals surface area contributed by atoms with Gasteiger partial charge in [0.1, 0.15) is 5.69 Å². The van der Waals surface area contributed by atoms with Crippen molar-refractivity contribution in [3.05, 3.63) is 57.3 Å². The van der Waals surface area contributed by atoms with Crippen LogP contribution in [0.4, 0.5) is 0 Å². The van der Waals surface area contributed by atoms with Crippen LogP contribution in [0.5, 0.6) is 0 Å². The van der Waals surface area contributed by atoms with E-state index in [-0.39, 0.29) is 5.91 Å². The van der Waals surface area contributed by atoms with Crippen molar-refractivity contribution < 1.29 is 4.79 Å². The van der Waals surface area contributed by atoms with Crippen LogP contribution in [0, 0.1) is 0 Å². The third-order valence-corrected chi connectivity index (χ3v) is 4.94. The second-order valence-corrected chi connectivity index (χ2v) is 7.82.